The Labute approximate surface area is 133 Å². The Balaban J connectivity index is 1.88. The first-order chi connectivity index (χ1) is 9.28. The Bertz CT molecular complexity index is 638. The Morgan fingerprint density at radius 1 is 1.21 bits per heavy atom. The van der Waals surface area contributed by atoms with E-state index in [1.165, 1.54) is 23.6 Å². The zero-order valence-corrected chi connectivity index (χ0v) is 14.5. The zero-order valence-electron chi connectivity index (χ0n) is 10.5. The van der Waals surface area contributed by atoms with Crippen LogP contribution in [0.1, 0.15) is 22.7 Å². The minimum absolute atomic E-state index is 0.421. The molecule has 0 spiro atoms. The van der Waals surface area contributed by atoms with Gasteiger partial charge < -0.3 is 5.32 Å². The van der Waals surface area contributed by atoms with Gasteiger partial charge in [-0.05, 0) is 51.4 Å². The van der Waals surface area contributed by atoms with Gasteiger partial charge in [0.25, 0.3) is 0 Å². The number of thiophene rings is 3. The maximum absolute atomic E-state index is 3.63. The molecule has 0 bridgehead atoms. The summed E-state index contributed by atoms with van der Waals surface area (Å²) in [6, 6.07) is 7.12. The van der Waals surface area contributed by atoms with E-state index in [4.69, 9.17) is 0 Å². The van der Waals surface area contributed by atoms with Gasteiger partial charge >= 0.3 is 0 Å². The third kappa shape index (κ3) is 2.95. The number of likely N-dealkylation sites (N-methyl/N-ethyl adjacent to an activating group) is 1. The molecule has 0 fully saturated rings. The van der Waals surface area contributed by atoms with Crippen LogP contribution in [-0.4, -0.2) is 6.54 Å². The maximum atomic E-state index is 3.63. The van der Waals surface area contributed by atoms with Crippen molar-refractivity contribution in [2.45, 2.75) is 19.4 Å². The Kier molecular flexibility index (Phi) is 4.39. The summed E-state index contributed by atoms with van der Waals surface area (Å²) < 4.78 is 4.06. The first-order valence-electron chi connectivity index (χ1n) is 6.20. The van der Waals surface area contributed by atoms with E-state index in [9.17, 15) is 0 Å². The van der Waals surface area contributed by atoms with Crippen LogP contribution in [0.3, 0.4) is 0 Å². The Morgan fingerprint density at radius 2 is 2.05 bits per heavy atom. The standard InChI is InChI=1S/C14H14BrNS3/c1-2-16-10(7-12-9(15)3-5-17-12)13-8-14-11(19-13)4-6-18-14/h3-6,8,10,16H,2,7H2,1H3. The van der Waals surface area contributed by atoms with Crippen LogP contribution in [0.4, 0.5) is 0 Å². The number of fused-ring (bicyclic) bond motifs is 1. The van der Waals surface area contributed by atoms with Gasteiger partial charge in [-0.25, -0.2) is 0 Å². The van der Waals surface area contributed by atoms with E-state index in [1.54, 1.807) is 0 Å². The predicted molar refractivity (Wildman–Crippen MR) is 91.8 cm³/mol. The lowest BCUT2D eigenvalue weighted by molar-refractivity contribution is 0.561. The van der Waals surface area contributed by atoms with Crippen molar-refractivity contribution in [3.8, 4) is 0 Å². The van der Waals surface area contributed by atoms with Crippen LogP contribution in [0.25, 0.3) is 9.40 Å². The van der Waals surface area contributed by atoms with Crippen LogP contribution in [0.5, 0.6) is 0 Å². The predicted octanol–water partition coefficient (Wildman–Crippen LogP) is 5.68. The fourth-order valence-corrected chi connectivity index (χ4v) is 5.89. The van der Waals surface area contributed by atoms with Gasteiger partial charge in [0.05, 0.1) is 0 Å². The summed E-state index contributed by atoms with van der Waals surface area (Å²) in [7, 11) is 0. The summed E-state index contributed by atoms with van der Waals surface area (Å²) in [6.45, 7) is 3.17. The summed E-state index contributed by atoms with van der Waals surface area (Å²) >= 11 is 9.21. The normalized spacial score (nSPS) is 13.2. The van der Waals surface area contributed by atoms with Gasteiger partial charge in [0.1, 0.15) is 0 Å². The zero-order chi connectivity index (χ0) is 13.2. The molecule has 0 radical (unpaired) electrons. The topological polar surface area (TPSA) is 12.0 Å². The van der Waals surface area contributed by atoms with Crippen molar-refractivity contribution in [1.82, 2.24) is 5.32 Å². The molecule has 19 heavy (non-hydrogen) atoms. The SMILES string of the molecule is CCNC(Cc1sccc1Br)c1cc2sccc2s1. The fourth-order valence-electron chi connectivity index (χ4n) is 2.13. The van der Waals surface area contributed by atoms with E-state index >= 15 is 0 Å². The summed E-state index contributed by atoms with van der Waals surface area (Å²) in [5.41, 5.74) is 0. The van der Waals surface area contributed by atoms with Gasteiger partial charge in [-0.2, -0.15) is 0 Å². The first kappa shape index (κ1) is 13.8. The molecular weight excluding hydrogens is 358 g/mol. The van der Waals surface area contributed by atoms with Gasteiger partial charge in [-0.15, -0.1) is 34.0 Å². The molecule has 0 aliphatic rings. The molecule has 5 heteroatoms. The van der Waals surface area contributed by atoms with Gasteiger partial charge in [0, 0.05) is 36.1 Å². The monoisotopic (exact) mass is 371 g/mol. The van der Waals surface area contributed by atoms with Gasteiger partial charge in [0.2, 0.25) is 0 Å². The third-order valence-electron chi connectivity index (χ3n) is 3.03. The molecule has 0 saturated carbocycles. The molecule has 3 heterocycles. The number of nitrogens with one attached hydrogen (secondary N) is 1. The molecule has 1 nitrogen and oxygen atoms in total. The van der Waals surface area contributed by atoms with Gasteiger partial charge in [0.15, 0.2) is 0 Å². The second-order valence-corrected chi connectivity index (χ2v) is 8.22. The van der Waals surface area contributed by atoms with Crippen LogP contribution < -0.4 is 5.32 Å². The van der Waals surface area contributed by atoms with Crippen LogP contribution in [0.2, 0.25) is 0 Å². The molecule has 0 aliphatic heterocycles. The van der Waals surface area contributed by atoms with Crippen LogP contribution in [0, 0.1) is 0 Å². The van der Waals surface area contributed by atoms with Crippen molar-refractivity contribution in [3.05, 3.63) is 43.2 Å². The number of halogens is 1. The number of rotatable bonds is 5. The van der Waals surface area contributed by atoms with Crippen LogP contribution in [-0.2, 0) is 6.42 Å². The average Bonchev–Trinajstić information content (AvgIpc) is 3.04. The summed E-state index contributed by atoms with van der Waals surface area (Å²) in [5.74, 6) is 0. The molecule has 1 unspecified atom stereocenters. The van der Waals surface area contributed by atoms with Crippen molar-refractivity contribution in [2.75, 3.05) is 6.54 Å². The average molecular weight is 372 g/mol. The lowest BCUT2D eigenvalue weighted by atomic mass is 10.1. The van der Waals surface area contributed by atoms with Crippen molar-refractivity contribution in [1.29, 1.82) is 0 Å². The van der Waals surface area contributed by atoms with Crippen molar-refractivity contribution >= 4 is 59.3 Å². The van der Waals surface area contributed by atoms with Gasteiger partial charge in [-0.1, -0.05) is 6.92 Å². The molecule has 1 atom stereocenters. The second-order valence-electron chi connectivity index (χ2n) is 4.30. The van der Waals surface area contributed by atoms with E-state index < -0.39 is 0 Å². The number of hydrogen-bond acceptors (Lipinski definition) is 4. The highest BCUT2D eigenvalue weighted by atomic mass is 79.9. The number of hydrogen-bond donors (Lipinski definition) is 1. The van der Waals surface area contributed by atoms with E-state index in [1.807, 2.05) is 34.0 Å². The lowest BCUT2D eigenvalue weighted by Gasteiger charge is -2.15. The first-order valence-corrected chi connectivity index (χ1v) is 9.57. The summed E-state index contributed by atoms with van der Waals surface area (Å²) in [5, 5.41) is 7.93. The van der Waals surface area contributed by atoms with Crippen molar-refractivity contribution in [3.63, 3.8) is 0 Å². The molecule has 100 valence electrons. The second kappa shape index (κ2) is 6.06. The largest absolute Gasteiger partial charge is 0.309 e. The van der Waals surface area contributed by atoms with Crippen molar-refractivity contribution < 1.29 is 0 Å². The summed E-state index contributed by atoms with van der Waals surface area (Å²) in [6.07, 6.45) is 1.06. The minimum atomic E-state index is 0.421. The van der Waals surface area contributed by atoms with E-state index in [0.29, 0.717) is 6.04 Å². The van der Waals surface area contributed by atoms with E-state index in [0.717, 1.165) is 13.0 Å². The third-order valence-corrected chi connectivity index (χ3v) is 7.19. The van der Waals surface area contributed by atoms with E-state index in [2.05, 4.69) is 57.1 Å². The molecular formula is C14H14BrNS3. The highest BCUT2D eigenvalue weighted by Crippen LogP contribution is 2.36. The molecule has 3 aromatic heterocycles. The highest BCUT2D eigenvalue weighted by molar-refractivity contribution is 9.10. The Morgan fingerprint density at radius 3 is 2.74 bits per heavy atom. The maximum Gasteiger partial charge on any atom is 0.0464 e. The fraction of sp³-hybridized carbons (Fsp3) is 0.286. The quantitative estimate of drug-likeness (QED) is 0.608. The lowest BCUT2D eigenvalue weighted by Crippen LogP contribution is -2.21. The molecule has 0 saturated heterocycles. The van der Waals surface area contributed by atoms with Crippen LogP contribution in [0.15, 0.2) is 33.4 Å². The molecule has 0 amide bonds. The molecule has 3 rings (SSSR count). The smallest absolute Gasteiger partial charge is 0.0464 e. The molecule has 0 aliphatic carbocycles. The molecule has 0 aromatic carbocycles. The molecule has 3 aromatic rings. The molecule has 1 N–H and O–H groups in total. The van der Waals surface area contributed by atoms with Crippen LogP contribution >= 0.6 is 49.9 Å². The highest BCUT2D eigenvalue weighted by Gasteiger charge is 2.16. The summed E-state index contributed by atoms with van der Waals surface area (Å²) in [4.78, 5) is 2.87. The van der Waals surface area contributed by atoms with E-state index in [-0.39, 0.29) is 0 Å². The van der Waals surface area contributed by atoms with Gasteiger partial charge in [-0.3, -0.25) is 0 Å². The van der Waals surface area contributed by atoms with Crippen molar-refractivity contribution in [2.24, 2.45) is 0 Å². The minimum Gasteiger partial charge on any atom is -0.309 e. The Hall–Kier alpha value is -0.200.